The number of benzene rings is 1. The van der Waals surface area contributed by atoms with Crippen molar-refractivity contribution in [2.45, 2.75) is 24.7 Å². The summed E-state index contributed by atoms with van der Waals surface area (Å²) in [6.45, 7) is -0.711. The third-order valence-corrected chi connectivity index (χ3v) is 2.46. The number of rotatable bonds is 6. The standard InChI is InChI=1S/C12H16O5/c13-7-10(15)12(17)11(16)9(14)6-8-4-2-1-3-5-8/h1-5,10-13,15-17H,6-7H2/t10-,11+,12+/m1/s1. The Hall–Kier alpha value is -1.27. The fourth-order valence-corrected chi connectivity index (χ4v) is 1.41. The minimum absolute atomic E-state index is 0.0305. The van der Waals surface area contributed by atoms with Crippen LogP contribution in [0.2, 0.25) is 0 Å². The molecule has 5 heteroatoms. The van der Waals surface area contributed by atoms with E-state index >= 15 is 0 Å². The van der Waals surface area contributed by atoms with Crippen molar-refractivity contribution >= 4 is 5.78 Å². The van der Waals surface area contributed by atoms with Crippen molar-refractivity contribution in [1.82, 2.24) is 0 Å². The first-order valence-electron chi connectivity index (χ1n) is 5.28. The summed E-state index contributed by atoms with van der Waals surface area (Å²) >= 11 is 0. The van der Waals surface area contributed by atoms with Gasteiger partial charge in [0, 0.05) is 6.42 Å². The van der Waals surface area contributed by atoms with E-state index in [4.69, 9.17) is 10.2 Å². The molecule has 3 atom stereocenters. The zero-order valence-corrected chi connectivity index (χ0v) is 9.23. The maximum absolute atomic E-state index is 11.6. The first-order valence-corrected chi connectivity index (χ1v) is 5.28. The van der Waals surface area contributed by atoms with Gasteiger partial charge in [-0.25, -0.2) is 0 Å². The highest BCUT2D eigenvalue weighted by Crippen LogP contribution is 2.07. The molecule has 0 saturated heterocycles. The van der Waals surface area contributed by atoms with Crippen LogP contribution < -0.4 is 0 Å². The van der Waals surface area contributed by atoms with Crippen LogP contribution in [0.1, 0.15) is 5.56 Å². The maximum atomic E-state index is 11.6. The van der Waals surface area contributed by atoms with E-state index in [9.17, 15) is 15.0 Å². The number of aliphatic hydroxyl groups excluding tert-OH is 4. The summed E-state index contributed by atoms with van der Waals surface area (Å²) in [5.74, 6) is -0.601. The fourth-order valence-electron chi connectivity index (χ4n) is 1.41. The van der Waals surface area contributed by atoms with Gasteiger partial charge in [0.15, 0.2) is 5.78 Å². The minimum atomic E-state index is -1.70. The molecular formula is C12H16O5. The van der Waals surface area contributed by atoms with Crippen LogP contribution in [0, 0.1) is 0 Å². The summed E-state index contributed by atoms with van der Waals surface area (Å²) in [6, 6.07) is 8.76. The first kappa shape index (κ1) is 13.8. The molecule has 0 saturated carbocycles. The zero-order chi connectivity index (χ0) is 12.8. The molecule has 17 heavy (non-hydrogen) atoms. The Morgan fingerprint density at radius 3 is 2.24 bits per heavy atom. The van der Waals surface area contributed by atoms with Gasteiger partial charge in [0.1, 0.15) is 18.3 Å². The van der Waals surface area contributed by atoms with E-state index in [1.54, 1.807) is 30.3 Å². The average Bonchev–Trinajstić information content (AvgIpc) is 2.37. The van der Waals surface area contributed by atoms with Gasteiger partial charge in [0.25, 0.3) is 0 Å². The summed E-state index contributed by atoms with van der Waals surface area (Å²) in [4.78, 5) is 11.6. The van der Waals surface area contributed by atoms with E-state index in [1.807, 2.05) is 0 Å². The van der Waals surface area contributed by atoms with Crippen LogP contribution in [-0.4, -0.2) is 51.1 Å². The van der Waals surface area contributed by atoms with E-state index in [2.05, 4.69) is 0 Å². The van der Waals surface area contributed by atoms with Crippen LogP contribution in [-0.2, 0) is 11.2 Å². The molecule has 0 spiro atoms. The Kier molecular flexibility index (Phi) is 5.24. The van der Waals surface area contributed by atoms with Gasteiger partial charge in [0.05, 0.1) is 6.61 Å². The monoisotopic (exact) mass is 240 g/mol. The molecule has 0 unspecified atom stereocenters. The summed E-state index contributed by atoms with van der Waals surface area (Å²) in [5.41, 5.74) is 0.710. The number of Topliss-reactive ketones (excluding diaryl/α,β-unsaturated/α-hetero) is 1. The van der Waals surface area contributed by atoms with Crippen LogP contribution in [0.4, 0.5) is 0 Å². The molecule has 0 aromatic heterocycles. The van der Waals surface area contributed by atoms with Crippen molar-refractivity contribution in [1.29, 1.82) is 0 Å². The molecule has 0 aliphatic carbocycles. The van der Waals surface area contributed by atoms with Gasteiger partial charge >= 0.3 is 0 Å². The molecule has 0 bridgehead atoms. The predicted molar refractivity (Wildman–Crippen MR) is 60.3 cm³/mol. The lowest BCUT2D eigenvalue weighted by molar-refractivity contribution is -0.139. The van der Waals surface area contributed by atoms with Gasteiger partial charge < -0.3 is 20.4 Å². The van der Waals surface area contributed by atoms with Crippen LogP contribution in [0.25, 0.3) is 0 Å². The lowest BCUT2D eigenvalue weighted by atomic mass is 9.99. The Balaban J connectivity index is 2.59. The van der Waals surface area contributed by atoms with Crippen LogP contribution in [0.3, 0.4) is 0 Å². The third-order valence-electron chi connectivity index (χ3n) is 2.46. The van der Waals surface area contributed by atoms with Crippen molar-refractivity contribution < 1.29 is 25.2 Å². The van der Waals surface area contributed by atoms with Gasteiger partial charge in [-0.05, 0) is 5.56 Å². The summed E-state index contributed by atoms with van der Waals surface area (Å²) in [5, 5.41) is 36.5. The predicted octanol–water partition coefficient (Wildman–Crippen LogP) is -1.13. The number of ketones is 1. The number of carbonyl (C=O) groups excluding carboxylic acids is 1. The van der Waals surface area contributed by atoms with E-state index in [1.165, 1.54) is 0 Å². The second-order valence-electron chi connectivity index (χ2n) is 3.81. The second kappa shape index (κ2) is 6.46. The van der Waals surface area contributed by atoms with E-state index in [0.29, 0.717) is 5.56 Å². The molecule has 0 radical (unpaired) electrons. The van der Waals surface area contributed by atoms with Gasteiger partial charge in [0.2, 0.25) is 0 Å². The Bertz CT molecular complexity index is 351. The molecule has 0 amide bonds. The molecule has 5 nitrogen and oxygen atoms in total. The van der Waals surface area contributed by atoms with Crippen LogP contribution in [0.15, 0.2) is 30.3 Å². The Labute approximate surface area is 99.0 Å². The Morgan fingerprint density at radius 2 is 1.71 bits per heavy atom. The van der Waals surface area contributed by atoms with E-state index in [0.717, 1.165) is 0 Å². The van der Waals surface area contributed by atoms with Gasteiger partial charge in [-0.15, -0.1) is 0 Å². The number of hydrogen-bond acceptors (Lipinski definition) is 5. The highest BCUT2D eigenvalue weighted by molar-refractivity contribution is 5.85. The number of hydrogen-bond donors (Lipinski definition) is 4. The molecule has 1 aromatic rings. The van der Waals surface area contributed by atoms with Crippen molar-refractivity contribution in [3.8, 4) is 0 Å². The van der Waals surface area contributed by atoms with Crippen LogP contribution >= 0.6 is 0 Å². The van der Waals surface area contributed by atoms with Gasteiger partial charge in [-0.2, -0.15) is 0 Å². The smallest absolute Gasteiger partial charge is 0.168 e. The molecule has 4 N–H and O–H groups in total. The summed E-state index contributed by atoms with van der Waals surface area (Å²) < 4.78 is 0. The SMILES string of the molecule is O=C(Cc1ccccc1)[C@H](O)[C@@H](O)[C@H](O)CO. The summed E-state index contributed by atoms with van der Waals surface area (Å²) in [6.07, 6.45) is -4.92. The summed E-state index contributed by atoms with van der Waals surface area (Å²) in [7, 11) is 0. The molecular weight excluding hydrogens is 224 g/mol. The van der Waals surface area contributed by atoms with Crippen molar-refractivity contribution in [2.75, 3.05) is 6.61 Å². The van der Waals surface area contributed by atoms with E-state index in [-0.39, 0.29) is 6.42 Å². The first-order chi connectivity index (χ1) is 8.06. The highest BCUT2D eigenvalue weighted by Gasteiger charge is 2.29. The second-order valence-corrected chi connectivity index (χ2v) is 3.81. The van der Waals surface area contributed by atoms with Gasteiger partial charge in [-0.1, -0.05) is 30.3 Å². The Morgan fingerprint density at radius 1 is 1.12 bits per heavy atom. The molecule has 94 valence electrons. The topological polar surface area (TPSA) is 98.0 Å². The molecule has 0 aliphatic rings. The van der Waals surface area contributed by atoms with Crippen molar-refractivity contribution in [3.63, 3.8) is 0 Å². The van der Waals surface area contributed by atoms with E-state index < -0.39 is 30.7 Å². The average molecular weight is 240 g/mol. The molecule has 0 heterocycles. The molecule has 0 fully saturated rings. The number of carbonyl (C=O) groups is 1. The van der Waals surface area contributed by atoms with Gasteiger partial charge in [-0.3, -0.25) is 4.79 Å². The molecule has 0 aliphatic heterocycles. The van der Waals surface area contributed by atoms with Crippen molar-refractivity contribution in [2.24, 2.45) is 0 Å². The largest absolute Gasteiger partial charge is 0.394 e. The fraction of sp³-hybridized carbons (Fsp3) is 0.417. The maximum Gasteiger partial charge on any atom is 0.168 e. The zero-order valence-electron chi connectivity index (χ0n) is 9.23. The van der Waals surface area contributed by atoms with Crippen molar-refractivity contribution in [3.05, 3.63) is 35.9 Å². The number of aliphatic hydroxyl groups is 4. The lowest BCUT2D eigenvalue weighted by Gasteiger charge is -2.20. The normalized spacial score (nSPS) is 16.2. The highest BCUT2D eigenvalue weighted by atomic mass is 16.4. The minimum Gasteiger partial charge on any atom is -0.394 e. The molecule has 1 aromatic carbocycles. The van der Waals surface area contributed by atoms with Crippen LogP contribution in [0.5, 0.6) is 0 Å². The molecule has 1 rings (SSSR count). The third kappa shape index (κ3) is 3.90. The quantitative estimate of drug-likeness (QED) is 0.504. The lowest BCUT2D eigenvalue weighted by Crippen LogP contribution is -2.44.